The van der Waals surface area contributed by atoms with E-state index in [0.717, 1.165) is 17.1 Å². The Kier molecular flexibility index (Phi) is 5.18. The molecule has 2 heterocycles. The van der Waals surface area contributed by atoms with Crippen molar-refractivity contribution in [1.82, 2.24) is 14.8 Å². The number of nitrogens with one attached hydrogen (secondary N) is 1. The molecule has 0 radical (unpaired) electrons. The number of aromatic nitrogens is 3. The molecule has 30 heavy (non-hydrogen) atoms. The molecule has 3 aromatic rings. The van der Waals surface area contributed by atoms with Gasteiger partial charge in [0, 0.05) is 11.1 Å². The fourth-order valence-corrected chi connectivity index (χ4v) is 2.77. The van der Waals surface area contributed by atoms with Crippen molar-refractivity contribution in [2.75, 3.05) is 5.73 Å². The van der Waals surface area contributed by atoms with Crippen LogP contribution in [0.3, 0.4) is 0 Å². The largest absolute Gasteiger partial charge is 0.478 e. The molecule has 154 valence electrons. The average Bonchev–Trinajstić information content (AvgIpc) is 3.14. The number of aromatic amines is 1. The number of rotatable bonds is 7. The fraction of sp³-hybridized carbons (Fsp3) is 0.0588. The first-order valence-electron chi connectivity index (χ1n) is 8.12. The summed E-state index contributed by atoms with van der Waals surface area (Å²) in [6, 6.07) is 5.77. The number of anilines is 1. The number of carbonyl (C=O) groups is 2. The van der Waals surface area contributed by atoms with E-state index in [9.17, 15) is 34.7 Å². The number of carboxylic acid groups (broad SMARTS) is 2. The van der Waals surface area contributed by atoms with Gasteiger partial charge in [0.05, 0.1) is 4.92 Å². The third-order valence-electron chi connectivity index (χ3n) is 4.01. The molecule has 0 aliphatic carbocycles. The molecule has 0 fully saturated rings. The van der Waals surface area contributed by atoms with Crippen LogP contribution in [0.1, 0.15) is 20.7 Å². The zero-order valence-corrected chi connectivity index (χ0v) is 14.9. The van der Waals surface area contributed by atoms with Crippen molar-refractivity contribution in [3.63, 3.8) is 0 Å². The smallest absolute Gasteiger partial charge is 0.342 e. The Morgan fingerprint density at radius 1 is 1.23 bits per heavy atom. The van der Waals surface area contributed by atoms with Crippen molar-refractivity contribution >= 4 is 23.4 Å². The van der Waals surface area contributed by atoms with E-state index >= 15 is 0 Å². The number of aromatic carboxylic acids is 2. The van der Waals surface area contributed by atoms with Crippen molar-refractivity contribution in [2.24, 2.45) is 0 Å². The van der Waals surface area contributed by atoms with Gasteiger partial charge in [-0.3, -0.25) is 14.9 Å². The number of H-pyrrole nitrogens is 1. The van der Waals surface area contributed by atoms with E-state index < -0.39 is 44.9 Å². The molecule has 0 bridgehead atoms. The lowest BCUT2D eigenvalue weighted by atomic mass is 9.95. The first kappa shape index (κ1) is 20.1. The Labute approximate surface area is 166 Å². The number of hydrogen-bond donors (Lipinski definition) is 4. The summed E-state index contributed by atoms with van der Waals surface area (Å²) in [6.07, 6.45) is 2.12. The van der Waals surface area contributed by atoms with Gasteiger partial charge in [0.25, 0.3) is 5.56 Å². The molecule has 0 atom stereocenters. The van der Waals surface area contributed by atoms with Gasteiger partial charge >= 0.3 is 17.6 Å². The van der Waals surface area contributed by atoms with Crippen molar-refractivity contribution in [3.8, 4) is 16.9 Å². The number of nitro groups is 1. The monoisotopic (exact) mass is 415 g/mol. The van der Waals surface area contributed by atoms with Gasteiger partial charge in [0.15, 0.2) is 6.73 Å². The number of hydrogen-bond acceptors (Lipinski definition) is 8. The quantitative estimate of drug-likeness (QED) is 0.320. The second-order valence-electron chi connectivity index (χ2n) is 5.87. The van der Waals surface area contributed by atoms with Gasteiger partial charge in [-0.1, -0.05) is 18.2 Å². The lowest BCUT2D eigenvalue weighted by Crippen LogP contribution is -2.24. The number of nitrogens with zero attached hydrogens (tertiary/aromatic N) is 3. The van der Waals surface area contributed by atoms with Crippen LogP contribution in [0.15, 0.2) is 41.5 Å². The Balaban J connectivity index is 2.13. The maximum atomic E-state index is 12.2. The number of nitrogen functional groups attached to an aromatic ring is 1. The Morgan fingerprint density at radius 3 is 2.50 bits per heavy atom. The molecule has 13 nitrogen and oxygen atoms in total. The summed E-state index contributed by atoms with van der Waals surface area (Å²) in [5.74, 6) is -3.74. The number of benzene rings is 1. The highest BCUT2D eigenvalue weighted by Gasteiger charge is 2.28. The summed E-state index contributed by atoms with van der Waals surface area (Å²) in [6.45, 7) is -0.311. The van der Waals surface area contributed by atoms with Crippen LogP contribution in [0, 0.1) is 10.1 Å². The number of carboxylic acids is 2. The zero-order valence-electron chi connectivity index (χ0n) is 14.9. The summed E-state index contributed by atoms with van der Waals surface area (Å²) in [5.41, 5.74) is 2.38. The van der Waals surface area contributed by atoms with Crippen LogP contribution < -0.4 is 16.0 Å². The normalized spacial score (nSPS) is 10.5. The van der Waals surface area contributed by atoms with Crippen LogP contribution >= 0.6 is 0 Å². The molecule has 0 unspecified atom stereocenters. The van der Waals surface area contributed by atoms with Gasteiger partial charge < -0.3 is 25.7 Å². The lowest BCUT2D eigenvalue weighted by Gasteiger charge is -2.16. The standard InChI is InChI=1S/C17H13N5O8/c18-14-12(16(24)25)11(13(17(26)27)15(23)20-14)9-3-1-2-4-10(9)30-7-21-6-8(5-19-21)22(28)29/h1-6H,7H2,(H,24,25)(H,26,27)(H3,18,20,23). The van der Waals surface area contributed by atoms with Crippen molar-refractivity contribution in [3.05, 3.63) is 68.3 Å². The molecule has 3 rings (SSSR count). The molecule has 5 N–H and O–H groups in total. The van der Waals surface area contributed by atoms with Gasteiger partial charge in [0.1, 0.15) is 35.1 Å². The van der Waals surface area contributed by atoms with Gasteiger partial charge in [-0.2, -0.15) is 5.10 Å². The molecule has 13 heteroatoms. The van der Waals surface area contributed by atoms with Crippen LogP contribution in [0.4, 0.5) is 11.5 Å². The highest BCUT2D eigenvalue weighted by molar-refractivity contribution is 6.08. The molecule has 2 aromatic heterocycles. The maximum absolute atomic E-state index is 12.2. The highest BCUT2D eigenvalue weighted by Crippen LogP contribution is 2.35. The number of ether oxygens (including phenoxy) is 1. The van der Waals surface area contributed by atoms with Crippen LogP contribution in [0.2, 0.25) is 0 Å². The third-order valence-corrected chi connectivity index (χ3v) is 4.01. The summed E-state index contributed by atoms with van der Waals surface area (Å²) >= 11 is 0. The molecule has 0 amide bonds. The van der Waals surface area contributed by atoms with E-state index in [4.69, 9.17) is 10.5 Å². The van der Waals surface area contributed by atoms with Crippen LogP contribution in [-0.2, 0) is 6.73 Å². The van der Waals surface area contributed by atoms with Gasteiger partial charge in [0.2, 0.25) is 0 Å². The zero-order chi connectivity index (χ0) is 22.0. The van der Waals surface area contributed by atoms with E-state index in [2.05, 4.69) is 5.10 Å². The van der Waals surface area contributed by atoms with Crippen molar-refractivity contribution in [2.45, 2.75) is 6.73 Å². The average molecular weight is 415 g/mol. The van der Waals surface area contributed by atoms with Crippen molar-refractivity contribution < 1.29 is 29.5 Å². The summed E-state index contributed by atoms with van der Waals surface area (Å²) in [7, 11) is 0. The third kappa shape index (κ3) is 3.66. The molecule has 0 aliphatic rings. The van der Waals surface area contributed by atoms with Crippen LogP contribution in [-0.4, -0.2) is 41.8 Å². The minimum Gasteiger partial charge on any atom is -0.478 e. The fourth-order valence-electron chi connectivity index (χ4n) is 2.77. The number of para-hydroxylation sites is 1. The summed E-state index contributed by atoms with van der Waals surface area (Å²) < 4.78 is 6.67. The van der Waals surface area contributed by atoms with E-state index in [-0.39, 0.29) is 23.7 Å². The molecule has 0 aliphatic heterocycles. The van der Waals surface area contributed by atoms with E-state index in [1.54, 1.807) is 0 Å². The lowest BCUT2D eigenvalue weighted by molar-refractivity contribution is -0.385. The van der Waals surface area contributed by atoms with Gasteiger partial charge in [-0.25, -0.2) is 14.3 Å². The summed E-state index contributed by atoms with van der Waals surface area (Å²) in [5, 5.41) is 33.5. The summed E-state index contributed by atoms with van der Waals surface area (Å²) in [4.78, 5) is 47.7. The number of nitrogens with two attached hydrogens (primary N) is 1. The minimum atomic E-state index is -1.66. The minimum absolute atomic E-state index is 0.00523. The van der Waals surface area contributed by atoms with E-state index in [0.29, 0.717) is 0 Å². The predicted molar refractivity (Wildman–Crippen MR) is 100 cm³/mol. The molecule has 0 saturated heterocycles. The van der Waals surface area contributed by atoms with Gasteiger partial charge in [-0.05, 0) is 6.07 Å². The Morgan fingerprint density at radius 2 is 1.90 bits per heavy atom. The predicted octanol–water partition coefficient (Wildman–Crippen LogP) is 1.16. The van der Waals surface area contributed by atoms with Crippen LogP contribution in [0.5, 0.6) is 5.75 Å². The first-order chi connectivity index (χ1) is 14.2. The Bertz CT molecular complexity index is 1230. The molecule has 0 spiro atoms. The van der Waals surface area contributed by atoms with E-state index in [1.165, 1.54) is 24.3 Å². The topological polar surface area (TPSA) is 204 Å². The Hall–Kier alpha value is -4.68. The maximum Gasteiger partial charge on any atom is 0.342 e. The van der Waals surface area contributed by atoms with Crippen molar-refractivity contribution in [1.29, 1.82) is 0 Å². The molecular weight excluding hydrogens is 402 g/mol. The highest BCUT2D eigenvalue weighted by atomic mass is 16.6. The first-order valence-corrected chi connectivity index (χ1v) is 8.12. The SMILES string of the molecule is Nc1[nH]c(=O)c(C(=O)O)c(-c2ccccc2OCn2cc([N+](=O)[O-])cn2)c1C(=O)O. The van der Waals surface area contributed by atoms with Gasteiger partial charge in [-0.15, -0.1) is 0 Å². The molecular formula is C17H13N5O8. The van der Waals surface area contributed by atoms with E-state index in [1.807, 2.05) is 4.98 Å². The second-order valence-corrected chi connectivity index (χ2v) is 5.87. The number of pyridine rings is 1. The molecule has 1 aromatic carbocycles. The molecule has 0 saturated carbocycles. The second kappa shape index (κ2) is 7.75. The van der Waals surface area contributed by atoms with Crippen LogP contribution in [0.25, 0.3) is 11.1 Å².